The van der Waals surface area contributed by atoms with Gasteiger partial charge in [0.1, 0.15) is 11.8 Å². The fourth-order valence-corrected chi connectivity index (χ4v) is 4.06. The van der Waals surface area contributed by atoms with Crippen LogP contribution in [0.5, 0.6) is 0 Å². The number of anilines is 1. The van der Waals surface area contributed by atoms with Gasteiger partial charge in [0.15, 0.2) is 11.2 Å². The van der Waals surface area contributed by atoms with Gasteiger partial charge in [-0.05, 0) is 37.5 Å². The Hall–Kier alpha value is -3.89. The second-order valence-electron chi connectivity index (χ2n) is 7.84. The number of hydrogen-bond donors (Lipinski definition) is 1. The Bertz CT molecular complexity index is 1400. The number of pyridine rings is 1. The van der Waals surface area contributed by atoms with Crippen molar-refractivity contribution < 1.29 is 0 Å². The molecule has 1 fully saturated rings. The molecule has 10 heteroatoms. The van der Waals surface area contributed by atoms with Crippen molar-refractivity contribution >= 4 is 17.1 Å². The summed E-state index contributed by atoms with van der Waals surface area (Å²) in [5, 5.41) is 9.10. The van der Waals surface area contributed by atoms with Gasteiger partial charge in [-0.3, -0.25) is 18.5 Å². The highest BCUT2D eigenvalue weighted by Gasteiger charge is 2.26. The first-order valence-corrected chi connectivity index (χ1v) is 10.4. The summed E-state index contributed by atoms with van der Waals surface area (Å²) < 4.78 is 4.31. The van der Waals surface area contributed by atoms with Crippen LogP contribution in [0.4, 0.5) is 5.95 Å². The van der Waals surface area contributed by atoms with E-state index in [0.717, 1.165) is 24.0 Å². The molecule has 1 aliphatic rings. The molecular formula is C22H24N8O2. The molecule has 1 unspecified atom stereocenters. The van der Waals surface area contributed by atoms with Crippen LogP contribution in [0.25, 0.3) is 11.2 Å². The first kappa shape index (κ1) is 21.3. The number of aryl methyl sites for hydroxylation is 1. The summed E-state index contributed by atoms with van der Waals surface area (Å²) in [6.45, 7) is 3.42. The van der Waals surface area contributed by atoms with Gasteiger partial charge in [-0.25, -0.2) is 9.78 Å². The van der Waals surface area contributed by atoms with Crippen molar-refractivity contribution in [1.82, 2.24) is 23.7 Å². The smallest absolute Gasteiger partial charge is 0.332 e. The molecule has 32 heavy (non-hydrogen) atoms. The SMILES string of the molecule is CC#CCn1c(N2CCCC(N)C2)nc2c1c(=O)n(Cc1ccnc(C#N)c1)c(=O)n2C. The average Bonchev–Trinajstić information content (AvgIpc) is 3.19. The number of rotatable bonds is 4. The van der Waals surface area contributed by atoms with Crippen LogP contribution in [0.2, 0.25) is 0 Å². The maximum absolute atomic E-state index is 13.5. The van der Waals surface area contributed by atoms with Gasteiger partial charge < -0.3 is 10.6 Å². The van der Waals surface area contributed by atoms with Crippen LogP contribution in [0.1, 0.15) is 31.0 Å². The zero-order chi connectivity index (χ0) is 22.8. The minimum Gasteiger partial charge on any atom is -0.341 e. The van der Waals surface area contributed by atoms with Gasteiger partial charge in [0.25, 0.3) is 5.56 Å². The van der Waals surface area contributed by atoms with E-state index in [1.54, 1.807) is 30.7 Å². The van der Waals surface area contributed by atoms with E-state index in [9.17, 15) is 9.59 Å². The van der Waals surface area contributed by atoms with Gasteiger partial charge in [0.2, 0.25) is 5.95 Å². The summed E-state index contributed by atoms with van der Waals surface area (Å²) in [6, 6.07) is 5.24. The lowest BCUT2D eigenvalue weighted by Crippen LogP contribution is -2.44. The van der Waals surface area contributed by atoms with Gasteiger partial charge in [-0.2, -0.15) is 10.2 Å². The molecule has 0 amide bonds. The predicted molar refractivity (Wildman–Crippen MR) is 120 cm³/mol. The van der Waals surface area contributed by atoms with Crippen LogP contribution in [-0.2, 0) is 20.1 Å². The summed E-state index contributed by atoms with van der Waals surface area (Å²) in [6.07, 6.45) is 3.35. The van der Waals surface area contributed by atoms with Crippen molar-refractivity contribution in [2.24, 2.45) is 12.8 Å². The Morgan fingerprint density at radius 2 is 2.12 bits per heavy atom. The molecule has 0 aromatic carbocycles. The lowest BCUT2D eigenvalue weighted by Gasteiger charge is -2.31. The van der Waals surface area contributed by atoms with Gasteiger partial charge >= 0.3 is 5.69 Å². The minimum absolute atomic E-state index is 0.0210. The standard InChI is InChI=1S/C22H24N8O2/c1-3-4-10-29-18-19(26-21(29)28-9-5-6-16(24)14-28)27(2)22(32)30(20(18)31)13-15-7-8-25-17(11-15)12-23/h7-8,11,16H,5-6,9-10,13-14,24H2,1-2H3. The van der Waals surface area contributed by atoms with Crippen molar-refractivity contribution in [2.45, 2.75) is 38.9 Å². The molecule has 0 radical (unpaired) electrons. The second-order valence-corrected chi connectivity index (χ2v) is 7.84. The molecule has 1 atom stereocenters. The first-order chi connectivity index (χ1) is 15.4. The summed E-state index contributed by atoms with van der Waals surface area (Å²) in [5.74, 6) is 6.48. The highest BCUT2D eigenvalue weighted by Crippen LogP contribution is 2.22. The van der Waals surface area contributed by atoms with E-state index < -0.39 is 11.2 Å². The van der Waals surface area contributed by atoms with Crippen molar-refractivity contribution in [3.63, 3.8) is 0 Å². The number of piperidine rings is 1. The highest BCUT2D eigenvalue weighted by molar-refractivity contribution is 5.75. The van der Waals surface area contributed by atoms with Crippen LogP contribution < -0.4 is 21.9 Å². The fourth-order valence-electron chi connectivity index (χ4n) is 4.06. The van der Waals surface area contributed by atoms with Crippen LogP contribution in [-0.4, -0.2) is 42.8 Å². The van der Waals surface area contributed by atoms with E-state index in [2.05, 4.69) is 26.7 Å². The normalized spacial score (nSPS) is 15.9. The molecule has 3 aromatic rings. The number of fused-ring (bicyclic) bond motifs is 1. The molecule has 1 aliphatic heterocycles. The Morgan fingerprint density at radius 1 is 1.31 bits per heavy atom. The van der Waals surface area contributed by atoms with E-state index in [0.29, 0.717) is 29.2 Å². The number of imidazole rings is 1. The van der Waals surface area contributed by atoms with Crippen molar-refractivity contribution in [3.05, 3.63) is 50.4 Å². The van der Waals surface area contributed by atoms with Crippen LogP contribution in [0.3, 0.4) is 0 Å². The molecule has 4 heterocycles. The maximum atomic E-state index is 13.5. The van der Waals surface area contributed by atoms with Crippen LogP contribution in [0, 0.1) is 23.2 Å². The number of nitrogens with two attached hydrogens (primary N) is 1. The molecule has 0 spiro atoms. The number of nitrogens with zero attached hydrogens (tertiary/aromatic N) is 7. The van der Waals surface area contributed by atoms with Gasteiger partial charge in [-0.1, -0.05) is 5.92 Å². The van der Waals surface area contributed by atoms with Crippen molar-refractivity contribution in [2.75, 3.05) is 18.0 Å². The third-order valence-electron chi connectivity index (χ3n) is 5.65. The van der Waals surface area contributed by atoms with Gasteiger partial charge in [0, 0.05) is 32.4 Å². The van der Waals surface area contributed by atoms with Crippen LogP contribution >= 0.6 is 0 Å². The van der Waals surface area contributed by atoms with E-state index in [4.69, 9.17) is 11.0 Å². The fraction of sp³-hybridized carbons (Fsp3) is 0.409. The Morgan fingerprint density at radius 3 is 2.84 bits per heavy atom. The molecule has 0 bridgehead atoms. The van der Waals surface area contributed by atoms with E-state index >= 15 is 0 Å². The Balaban J connectivity index is 1.92. The zero-order valence-corrected chi connectivity index (χ0v) is 18.1. The van der Waals surface area contributed by atoms with E-state index in [1.165, 1.54) is 10.8 Å². The van der Waals surface area contributed by atoms with Crippen molar-refractivity contribution in [1.29, 1.82) is 5.26 Å². The molecule has 164 valence electrons. The third-order valence-corrected chi connectivity index (χ3v) is 5.65. The monoisotopic (exact) mass is 432 g/mol. The lowest BCUT2D eigenvalue weighted by molar-refractivity contribution is 0.496. The largest absolute Gasteiger partial charge is 0.341 e. The van der Waals surface area contributed by atoms with E-state index in [-0.39, 0.29) is 24.8 Å². The van der Waals surface area contributed by atoms with Gasteiger partial charge in [0.05, 0.1) is 13.1 Å². The number of hydrogen-bond acceptors (Lipinski definition) is 7. The highest BCUT2D eigenvalue weighted by atomic mass is 16.2. The van der Waals surface area contributed by atoms with Crippen LogP contribution in [0.15, 0.2) is 27.9 Å². The topological polar surface area (TPSA) is 128 Å². The van der Waals surface area contributed by atoms with Gasteiger partial charge in [-0.15, -0.1) is 5.92 Å². The first-order valence-electron chi connectivity index (χ1n) is 10.4. The number of nitriles is 1. The second kappa shape index (κ2) is 8.69. The summed E-state index contributed by atoms with van der Waals surface area (Å²) in [5.41, 5.74) is 6.73. The minimum atomic E-state index is -0.481. The third kappa shape index (κ3) is 3.77. The molecule has 2 N–H and O–H groups in total. The summed E-state index contributed by atoms with van der Waals surface area (Å²) >= 11 is 0. The summed E-state index contributed by atoms with van der Waals surface area (Å²) in [7, 11) is 1.60. The average molecular weight is 432 g/mol. The molecular weight excluding hydrogens is 408 g/mol. The number of aromatic nitrogens is 5. The predicted octanol–water partition coefficient (Wildman–Crippen LogP) is 0.162. The maximum Gasteiger partial charge on any atom is 0.332 e. The zero-order valence-electron chi connectivity index (χ0n) is 18.1. The Kier molecular flexibility index (Phi) is 5.80. The van der Waals surface area contributed by atoms with E-state index in [1.807, 2.05) is 6.07 Å². The molecule has 1 saturated heterocycles. The molecule has 10 nitrogen and oxygen atoms in total. The Labute approximate surface area is 184 Å². The molecule has 0 aliphatic carbocycles. The molecule has 0 saturated carbocycles. The lowest BCUT2D eigenvalue weighted by atomic mass is 10.1. The van der Waals surface area contributed by atoms with Crippen molar-refractivity contribution in [3.8, 4) is 17.9 Å². The molecule has 4 rings (SSSR count). The quantitative estimate of drug-likeness (QED) is 0.582. The molecule has 3 aromatic heterocycles. The summed E-state index contributed by atoms with van der Waals surface area (Å²) in [4.78, 5) is 37.3.